The van der Waals surface area contributed by atoms with Gasteiger partial charge in [0.05, 0.1) is 0 Å². The third kappa shape index (κ3) is 0.560. The van der Waals surface area contributed by atoms with Crippen molar-refractivity contribution in [3.63, 3.8) is 0 Å². The summed E-state index contributed by atoms with van der Waals surface area (Å²) >= 11 is 0. The summed E-state index contributed by atoms with van der Waals surface area (Å²) in [6.07, 6.45) is 5.98. The molecule has 0 atom stereocenters. The van der Waals surface area contributed by atoms with Gasteiger partial charge in [-0.15, -0.1) is 0 Å². The molecule has 46 valence electrons. The van der Waals surface area contributed by atoms with Gasteiger partial charge in [-0.05, 0) is 23.3 Å². The van der Waals surface area contributed by atoms with Gasteiger partial charge < -0.3 is 11.1 Å². The van der Waals surface area contributed by atoms with E-state index in [0.29, 0.717) is 0 Å². The van der Waals surface area contributed by atoms with Gasteiger partial charge in [-0.1, -0.05) is 0 Å². The summed E-state index contributed by atoms with van der Waals surface area (Å²) in [5.74, 6) is 0. The Balaban J connectivity index is 2.46. The van der Waals surface area contributed by atoms with Gasteiger partial charge in [-0.3, -0.25) is 0 Å². The van der Waals surface area contributed by atoms with Crippen LogP contribution in [0, 0.1) is 0 Å². The summed E-state index contributed by atoms with van der Waals surface area (Å²) in [5, 5.41) is 3.11. The van der Waals surface area contributed by atoms with Crippen LogP contribution in [0.2, 0.25) is 0 Å². The SMILES string of the molecule is NC1=CC2=CNCC2=C1. The van der Waals surface area contributed by atoms with E-state index >= 15 is 0 Å². The van der Waals surface area contributed by atoms with Crippen molar-refractivity contribution in [2.75, 3.05) is 6.54 Å². The summed E-state index contributed by atoms with van der Waals surface area (Å²) < 4.78 is 0. The zero-order valence-corrected chi connectivity index (χ0v) is 5.02. The van der Waals surface area contributed by atoms with Gasteiger partial charge in [0, 0.05) is 18.4 Å². The average molecular weight is 120 g/mol. The molecule has 0 aromatic carbocycles. The fourth-order valence-corrected chi connectivity index (χ4v) is 1.16. The molecule has 3 N–H and O–H groups in total. The molecule has 0 saturated carbocycles. The van der Waals surface area contributed by atoms with Crippen LogP contribution in [-0.2, 0) is 0 Å². The van der Waals surface area contributed by atoms with E-state index in [9.17, 15) is 0 Å². The number of fused-ring (bicyclic) bond motifs is 1. The zero-order valence-electron chi connectivity index (χ0n) is 5.02. The van der Waals surface area contributed by atoms with E-state index in [2.05, 4.69) is 5.32 Å². The minimum absolute atomic E-state index is 0.873. The molecule has 0 amide bonds. The van der Waals surface area contributed by atoms with Crippen molar-refractivity contribution >= 4 is 0 Å². The zero-order chi connectivity index (χ0) is 6.27. The van der Waals surface area contributed by atoms with Crippen LogP contribution in [0.1, 0.15) is 0 Å². The molecule has 2 aliphatic rings. The van der Waals surface area contributed by atoms with Crippen LogP contribution in [0.15, 0.2) is 35.2 Å². The molecule has 0 aromatic heterocycles. The summed E-state index contributed by atoms with van der Waals surface area (Å²) in [6.45, 7) is 0.937. The Kier molecular flexibility index (Phi) is 0.730. The summed E-state index contributed by atoms with van der Waals surface area (Å²) in [4.78, 5) is 0. The first-order valence-electron chi connectivity index (χ1n) is 2.98. The van der Waals surface area contributed by atoms with E-state index in [0.717, 1.165) is 12.2 Å². The molecule has 2 heteroatoms. The van der Waals surface area contributed by atoms with Crippen molar-refractivity contribution in [3.05, 3.63) is 35.2 Å². The minimum atomic E-state index is 0.873. The molecule has 2 nitrogen and oxygen atoms in total. The molecular formula is C7H8N2. The van der Waals surface area contributed by atoms with Crippen molar-refractivity contribution < 1.29 is 0 Å². The van der Waals surface area contributed by atoms with Crippen LogP contribution >= 0.6 is 0 Å². The van der Waals surface area contributed by atoms with Crippen LogP contribution in [0.5, 0.6) is 0 Å². The fourth-order valence-electron chi connectivity index (χ4n) is 1.16. The van der Waals surface area contributed by atoms with Gasteiger partial charge in [-0.2, -0.15) is 0 Å². The van der Waals surface area contributed by atoms with Crippen molar-refractivity contribution in [2.45, 2.75) is 0 Å². The van der Waals surface area contributed by atoms with Crippen molar-refractivity contribution in [1.82, 2.24) is 5.32 Å². The number of nitrogens with two attached hydrogens (primary N) is 1. The first kappa shape index (κ1) is 4.68. The molecule has 1 aliphatic carbocycles. The van der Waals surface area contributed by atoms with Crippen molar-refractivity contribution in [1.29, 1.82) is 0 Å². The second-order valence-corrected chi connectivity index (χ2v) is 2.29. The van der Waals surface area contributed by atoms with Gasteiger partial charge in [0.2, 0.25) is 0 Å². The van der Waals surface area contributed by atoms with E-state index < -0.39 is 0 Å². The third-order valence-corrected chi connectivity index (χ3v) is 1.58. The van der Waals surface area contributed by atoms with E-state index in [-0.39, 0.29) is 0 Å². The van der Waals surface area contributed by atoms with Gasteiger partial charge in [0.15, 0.2) is 0 Å². The summed E-state index contributed by atoms with van der Waals surface area (Å²) in [6, 6.07) is 0. The highest BCUT2D eigenvalue weighted by atomic mass is 14.9. The molecule has 9 heavy (non-hydrogen) atoms. The minimum Gasteiger partial charge on any atom is -0.399 e. The lowest BCUT2D eigenvalue weighted by atomic mass is 10.2. The second-order valence-electron chi connectivity index (χ2n) is 2.29. The largest absolute Gasteiger partial charge is 0.399 e. The van der Waals surface area contributed by atoms with Gasteiger partial charge in [-0.25, -0.2) is 0 Å². The summed E-state index contributed by atoms with van der Waals surface area (Å²) in [5.41, 5.74) is 8.97. The molecule has 2 rings (SSSR count). The van der Waals surface area contributed by atoms with Crippen molar-refractivity contribution in [3.8, 4) is 0 Å². The molecule has 0 aromatic rings. The van der Waals surface area contributed by atoms with Gasteiger partial charge in [0.25, 0.3) is 0 Å². The maximum Gasteiger partial charge on any atom is 0.0402 e. The Labute approximate surface area is 53.7 Å². The Morgan fingerprint density at radius 1 is 1.44 bits per heavy atom. The first-order valence-corrected chi connectivity index (χ1v) is 2.98. The molecule has 0 unspecified atom stereocenters. The predicted molar refractivity (Wildman–Crippen MR) is 36.4 cm³/mol. The monoisotopic (exact) mass is 120 g/mol. The average Bonchev–Trinajstić information content (AvgIpc) is 2.22. The Morgan fingerprint density at radius 3 is 3.11 bits per heavy atom. The lowest BCUT2D eigenvalue weighted by Crippen LogP contribution is -2.00. The fraction of sp³-hybridized carbons (Fsp3) is 0.143. The molecule has 1 heterocycles. The number of hydrogen-bond donors (Lipinski definition) is 2. The maximum atomic E-state index is 5.54. The Hall–Kier alpha value is -1.18. The number of hydrogen-bond acceptors (Lipinski definition) is 2. The second kappa shape index (κ2) is 1.41. The summed E-state index contributed by atoms with van der Waals surface area (Å²) in [7, 11) is 0. The van der Waals surface area contributed by atoms with Crippen LogP contribution in [-0.4, -0.2) is 6.54 Å². The quantitative estimate of drug-likeness (QED) is 0.481. The first-order chi connectivity index (χ1) is 4.36. The molecule has 1 aliphatic heterocycles. The third-order valence-electron chi connectivity index (χ3n) is 1.58. The highest BCUT2D eigenvalue weighted by molar-refractivity contribution is 5.54. The van der Waals surface area contributed by atoms with E-state index in [1.165, 1.54) is 11.1 Å². The Bertz CT molecular complexity index is 233. The Morgan fingerprint density at radius 2 is 2.33 bits per heavy atom. The molecule has 0 fully saturated rings. The molecule has 0 spiro atoms. The van der Waals surface area contributed by atoms with E-state index in [1.807, 2.05) is 18.4 Å². The molecule has 0 bridgehead atoms. The predicted octanol–water partition coefficient (Wildman–Crippen LogP) is 0.256. The molecular weight excluding hydrogens is 112 g/mol. The number of allylic oxidation sites excluding steroid dienone is 2. The van der Waals surface area contributed by atoms with Crippen molar-refractivity contribution in [2.24, 2.45) is 5.73 Å². The van der Waals surface area contributed by atoms with E-state index in [1.54, 1.807) is 0 Å². The normalized spacial score (nSPS) is 22.0. The maximum absolute atomic E-state index is 5.54. The van der Waals surface area contributed by atoms with Crippen LogP contribution in [0.25, 0.3) is 0 Å². The van der Waals surface area contributed by atoms with Crippen LogP contribution in [0.3, 0.4) is 0 Å². The standard InChI is InChI=1S/C7H8N2/c8-7-1-5-3-9-4-6(5)2-7/h1-3,9H,4,8H2. The lowest BCUT2D eigenvalue weighted by Gasteiger charge is -1.88. The van der Waals surface area contributed by atoms with Gasteiger partial charge in [0.1, 0.15) is 0 Å². The topological polar surface area (TPSA) is 38.0 Å². The molecule has 0 saturated heterocycles. The van der Waals surface area contributed by atoms with Gasteiger partial charge >= 0.3 is 0 Å². The number of nitrogens with one attached hydrogen (secondary N) is 1. The van der Waals surface area contributed by atoms with E-state index in [4.69, 9.17) is 5.73 Å². The molecule has 0 radical (unpaired) electrons. The van der Waals surface area contributed by atoms with Crippen LogP contribution < -0.4 is 11.1 Å². The smallest absolute Gasteiger partial charge is 0.0402 e. The lowest BCUT2D eigenvalue weighted by molar-refractivity contribution is 1.01. The van der Waals surface area contributed by atoms with Crippen LogP contribution in [0.4, 0.5) is 0 Å². The highest BCUT2D eigenvalue weighted by Crippen LogP contribution is 2.22. The number of rotatable bonds is 0. The highest BCUT2D eigenvalue weighted by Gasteiger charge is 2.13.